The largest absolute Gasteiger partial charge is 0.337 e. The lowest BCUT2D eigenvalue weighted by atomic mass is 10.1. The van der Waals surface area contributed by atoms with Gasteiger partial charge in [0.1, 0.15) is 11.3 Å². The number of aromatic nitrogens is 3. The van der Waals surface area contributed by atoms with Crippen LogP contribution >= 0.6 is 11.3 Å². The molecule has 1 aliphatic heterocycles. The van der Waals surface area contributed by atoms with E-state index in [1.165, 1.54) is 4.88 Å². The Kier molecular flexibility index (Phi) is 3.84. The number of aryl methyl sites for hydroxylation is 2. The number of hydrogen-bond acceptors (Lipinski definition) is 4. The van der Waals surface area contributed by atoms with Gasteiger partial charge in [-0.25, -0.2) is 9.97 Å². The van der Waals surface area contributed by atoms with Gasteiger partial charge in [0.05, 0.1) is 4.88 Å². The van der Waals surface area contributed by atoms with E-state index in [-0.39, 0.29) is 11.8 Å². The third kappa shape index (κ3) is 2.51. The number of carbonyl (C=O) groups is 1. The van der Waals surface area contributed by atoms with Crippen molar-refractivity contribution in [2.75, 3.05) is 13.1 Å². The highest BCUT2D eigenvalue weighted by molar-refractivity contribution is 7.13. The minimum absolute atomic E-state index is 0.146. The van der Waals surface area contributed by atoms with Gasteiger partial charge in [-0.2, -0.15) is 0 Å². The van der Waals surface area contributed by atoms with Crippen molar-refractivity contribution in [2.24, 2.45) is 0 Å². The summed E-state index contributed by atoms with van der Waals surface area (Å²) in [4.78, 5) is 25.9. The Balaban J connectivity index is 1.60. The molecular formula is C18H20N4OS. The summed E-state index contributed by atoms with van der Waals surface area (Å²) in [6, 6.07) is 7.86. The molecule has 24 heavy (non-hydrogen) atoms. The average Bonchev–Trinajstić information content (AvgIpc) is 3.31. The van der Waals surface area contributed by atoms with Gasteiger partial charge in [-0.1, -0.05) is 0 Å². The van der Waals surface area contributed by atoms with Gasteiger partial charge in [-0.15, -0.1) is 11.3 Å². The molecule has 0 N–H and O–H groups in total. The first-order valence-corrected chi connectivity index (χ1v) is 9.16. The lowest BCUT2D eigenvalue weighted by molar-refractivity contribution is 0.0795. The summed E-state index contributed by atoms with van der Waals surface area (Å²) in [5, 5.41) is 0. The summed E-state index contributed by atoms with van der Waals surface area (Å²) in [5.41, 5.74) is 1.88. The molecule has 0 radical (unpaired) electrons. The molecule has 0 aromatic carbocycles. The highest BCUT2D eigenvalue weighted by Crippen LogP contribution is 2.30. The topological polar surface area (TPSA) is 51.0 Å². The molecule has 1 saturated heterocycles. The van der Waals surface area contributed by atoms with Gasteiger partial charge in [0.15, 0.2) is 5.65 Å². The Morgan fingerprint density at radius 3 is 3.00 bits per heavy atom. The van der Waals surface area contributed by atoms with E-state index < -0.39 is 0 Å². The first kappa shape index (κ1) is 15.3. The van der Waals surface area contributed by atoms with Crippen molar-refractivity contribution in [3.8, 4) is 0 Å². The standard InChI is InChI=1S/C18H20N4OS/c1-3-22-16(20-14-5-4-9-19-17(14)22)13-8-10-21(11-13)18(23)15-7-6-12(2)24-15/h4-7,9,13H,3,8,10-11H2,1-2H3. The van der Waals surface area contributed by atoms with Gasteiger partial charge in [0.25, 0.3) is 5.91 Å². The molecule has 0 spiro atoms. The number of rotatable bonds is 3. The molecule has 1 fully saturated rings. The number of amides is 1. The molecule has 124 valence electrons. The monoisotopic (exact) mass is 340 g/mol. The Labute approximate surface area is 145 Å². The predicted octanol–water partition coefficient (Wildman–Crippen LogP) is 3.45. The highest BCUT2D eigenvalue weighted by atomic mass is 32.1. The first-order chi connectivity index (χ1) is 11.7. The van der Waals surface area contributed by atoms with Crippen LogP contribution in [0.1, 0.15) is 39.6 Å². The zero-order valence-corrected chi connectivity index (χ0v) is 14.7. The molecule has 0 bridgehead atoms. The number of nitrogens with zero attached hydrogens (tertiary/aromatic N) is 4. The summed E-state index contributed by atoms with van der Waals surface area (Å²) >= 11 is 1.57. The van der Waals surface area contributed by atoms with Gasteiger partial charge in [-0.3, -0.25) is 4.79 Å². The Morgan fingerprint density at radius 1 is 1.38 bits per heavy atom. The number of thiophene rings is 1. The maximum absolute atomic E-state index is 12.7. The van der Waals surface area contributed by atoms with Crippen molar-refractivity contribution in [3.05, 3.63) is 46.0 Å². The van der Waals surface area contributed by atoms with Crippen molar-refractivity contribution in [1.29, 1.82) is 0 Å². The van der Waals surface area contributed by atoms with E-state index >= 15 is 0 Å². The molecule has 3 aromatic rings. The molecule has 4 heterocycles. The van der Waals surface area contributed by atoms with Crippen LogP contribution in [-0.2, 0) is 6.54 Å². The molecule has 5 nitrogen and oxygen atoms in total. The number of likely N-dealkylation sites (tertiary alicyclic amines) is 1. The summed E-state index contributed by atoms with van der Waals surface area (Å²) in [6.07, 6.45) is 2.77. The number of pyridine rings is 1. The van der Waals surface area contributed by atoms with Gasteiger partial charge in [0.2, 0.25) is 0 Å². The third-order valence-electron chi connectivity index (χ3n) is 4.64. The molecule has 1 amide bonds. The molecule has 3 aromatic heterocycles. The summed E-state index contributed by atoms with van der Waals surface area (Å²) in [7, 11) is 0. The molecule has 0 saturated carbocycles. The lowest BCUT2D eigenvalue weighted by Gasteiger charge is -2.16. The molecule has 1 atom stereocenters. The normalized spacial score (nSPS) is 17.8. The molecule has 0 aliphatic carbocycles. The Hall–Kier alpha value is -2.21. The average molecular weight is 340 g/mol. The minimum atomic E-state index is 0.146. The van der Waals surface area contributed by atoms with E-state index in [9.17, 15) is 4.79 Å². The van der Waals surface area contributed by atoms with E-state index in [1.54, 1.807) is 11.3 Å². The van der Waals surface area contributed by atoms with Crippen LogP contribution in [0, 0.1) is 6.92 Å². The molecule has 6 heteroatoms. The van der Waals surface area contributed by atoms with E-state index in [0.29, 0.717) is 0 Å². The number of hydrogen-bond donors (Lipinski definition) is 0. The van der Waals surface area contributed by atoms with E-state index in [2.05, 4.69) is 16.5 Å². The van der Waals surface area contributed by atoms with Crippen LogP contribution in [0.3, 0.4) is 0 Å². The summed E-state index contributed by atoms with van der Waals surface area (Å²) < 4.78 is 2.18. The van der Waals surface area contributed by atoms with Gasteiger partial charge < -0.3 is 9.47 Å². The van der Waals surface area contributed by atoms with Gasteiger partial charge in [0, 0.05) is 36.6 Å². The number of imidazole rings is 1. The fourth-order valence-corrected chi connectivity index (χ4v) is 4.30. The second kappa shape index (κ2) is 6.02. The SMILES string of the molecule is CCn1c(C2CCN(C(=O)c3ccc(C)s3)C2)nc2cccnc21. The molecule has 1 unspecified atom stereocenters. The van der Waals surface area contributed by atoms with Crippen molar-refractivity contribution in [1.82, 2.24) is 19.4 Å². The van der Waals surface area contributed by atoms with Crippen molar-refractivity contribution in [3.63, 3.8) is 0 Å². The summed E-state index contributed by atoms with van der Waals surface area (Å²) in [6.45, 7) is 6.52. The van der Waals surface area contributed by atoms with Crippen LogP contribution in [0.5, 0.6) is 0 Å². The maximum Gasteiger partial charge on any atom is 0.263 e. The van der Waals surface area contributed by atoms with Crippen molar-refractivity contribution >= 4 is 28.4 Å². The number of fused-ring (bicyclic) bond motifs is 1. The second-order valence-corrected chi connectivity index (χ2v) is 7.50. The smallest absolute Gasteiger partial charge is 0.263 e. The van der Waals surface area contributed by atoms with Crippen LogP contribution < -0.4 is 0 Å². The van der Waals surface area contributed by atoms with Gasteiger partial charge >= 0.3 is 0 Å². The van der Waals surface area contributed by atoms with Crippen LogP contribution in [0.15, 0.2) is 30.5 Å². The zero-order valence-electron chi connectivity index (χ0n) is 13.9. The third-order valence-corrected chi connectivity index (χ3v) is 5.63. The van der Waals surface area contributed by atoms with Crippen molar-refractivity contribution in [2.45, 2.75) is 32.7 Å². The Morgan fingerprint density at radius 2 is 2.25 bits per heavy atom. The fraction of sp³-hybridized carbons (Fsp3) is 0.389. The molecular weight excluding hydrogens is 320 g/mol. The van der Waals surface area contributed by atoms with Crippen molar-refractivity contribution < 1.29 is 4.79 Å². The maximum atomic E-state index is 12.7. The lowest BCUT2D eigenvalue weighted by Crippen LogP contribution is -2.28. The van der Waals surface area contributed by atoms with Crippen LogP contribution in [-0.4, -0.2) is 38.4 Å². The number of carbonyl (C=O) groups excluding carboxylic acids is 1. The molecule has 4 rings (SSSR count). The first-order valence-electron chi connectivity index (χ1n) is 8.34. The second-order valence-electron chi connectivity index (χ2n) is 6.21. The minimum Gasteiger partial charge on any atom is -0.337 e. The van der Waals surface area contributed by atoms with Crippen LogP contribution in [0.25, 0.3) is 11.2 Å². The van der Waals surface area contributed by atoms with Crippen LogP contribution in [0.4, 0.5) is 0 Å². The van der Waals surface area contributed by atoms with Crippen LogP contribution in [0.2, 0.25) is 0 Å². The van der Waals surface area contributed by atoms with E-state index in [0.717, 1.165) is 47.9 Å². The fourth-order valence-electron chi connectivity index (χ4n) is 3.46. The summed E-state index contributed by atoms with van der Waals surface area (Å²) in [5.74, 6) is 1.49. The van der Waals surface area contributed by atoms with E-state index in [4.69, 9.17) is 4.98 Å². The van der Waals surface area contributed by atoms with E-state index in [1.807, 2.05) is 42.3 Å². The highest BCUT2D eigenvalue weighted by Gasteiger charge is 2.31. The Bertz CT molecular complexity index is 897. The molecule has 1 aliphatic rings. The quantitative estimate of drug-likeness (QED) is 0.734. The van der Waals surface area contributed by atoms with Gasteiger partial charge in [-0.05, 0) is 44.5 Å². The zero-order chi connectivity index (χ0) is 16.7. The predicted molar refractivity (Wildman–Crippen MR) is 95.5 cm³/mol.